The number of rotatable bonds is 5. The number of ether oxygens (including phenoxy) is 1. The lowest BCUT2D eigenvalue weighted by Crippen LogP contribution is -2.43. The molecule has 0 aliphatic rings. The van der Waals surface area contributed by atoms with Crippen molar-refractivity contribution in [3.63, 3.8) is 0 Å². The molecule has 3 heteroatoms. The van der Waals surface area contributed by atoms with Crippen LogP contribution < -0.4 is 10.1 Å². The average molecular weight is 283 g/mol. The minimum atomic E-state index is -0.422. The molecule has 0 aliphatic heterocycles. The molecule has 2 rings (SSSR count). The van der Waals surface area contributed by atoms with Gasteiger partial charge in [-0.1, -0.05) is 48.0 Å². The van der Waals surface area contributed by atoms with Crippen molar-refractivity contribution in [3.8, 4) is 5.75 Å². The lowest BCUT2D eigenvalue weighted by molar-refractivity contribution is -0.124. The van der Waals surface area contributed by atoms with E-state index >= 15 is 0 Å². The summed E-state index contributed by atoms with van der Waals surface area (Å²) in [5, 5.41) is 2.99. The van der Waals surface area contributed by atoms with Crippen molar-refractivity contribution in [2.24, 2.45) is 0 Å². The third kappa shape index (κ3) is 4.35. The second-order valence-electron chi connectivity index (χ2n) is 5.64. The third-order valence-electron chi connectivity index (χ3n) is 3.34. The maximum Gasteiger partial charge on any atom is 0.258 e. The van der Waals surface area contributed by atoms with Crippen LogP contribution in [-0.4, -0.2) is 12.5 Å². The maximum absolute atomic E-state index is 12.0. The number of amides is 1. The van der Waals surface area contributed by atoms with E-state index < -0.39 is 5.54 Å². The molecule has 1 amide bonds. The van der Waals surface area contributed by atoms with Gasteiger partial charge in [0, 0.05) is 0 Å². The van der Waals surface area contributed by atoms with Gasteiger partial charge in [-0.2, -0.15) is 0 Å². The number of hydrogen-bond donors (Lipinski definition) is 1. The molecular formula is C18H21NO2. The van der Waals surface area contributed by atoms with Crippen molar-refractivity contribution in [1.29, 1.82) is 0 Å². The zero-order valence-electron chi connectivity index (χ0n) is 12.7. The molecule has 0 spiro atoms. The van der Waals surface area contributed by atoms with Crippen LogP contribution in [-0.2, 0) is 10.3 Å². The summed E-state index contributed by atoms with van der Waals surface area (Å²) < 4.78 is 5.49. The molecule has 0 bridgehead atoms. The van der Waals surface area contributed by atoms with E-state index in [0.717, 1.165) is 11.1 Å². The van der Waals surface area contributed by atoms with Crippen LogP contribution in [0.15, 0.2) is 54.6 Å². The summed E-state index contributed by atoms with van der Waals surface area (Å²) >= 11 is 0. The van der Waals surface area contributed by atoms with Crippen LogP contribution >= 0.6 is 0 Å². The van der Waals surface area contributed by atoms with Crippen LogP contribution in [0.2, 0.25) is 0 Å². The van der Waals surface area contributed by atoms with Crippen LogP contribution in [0.5, 0.6) is 5.75 Å². The highest BCUT2D eigenvalue weighted by atomic mass is 16.5. The molecule has 0 atom stereocenters. The number of carbonyl (C=O) groups is 1. The largest absolute Gasteiger partial charge is 0.484 e. The second kappa shape index (κ2) is 6.44. The van der Waals surface area contributed by atoms with Crippen LogP contribution in [0, 0.1) is 6.92 Å². The Balaban J connectivity index is 1.91. The standard InChI is InChI=1S/C18H21NO2/c1-14-9-11-16(12-10-14)21-13-17(20)19-18(2,3)15-7-5-4-6-8-15/h4-12H,13H2,1-3H3,(H,19,20). The Hall–Kier alpha value is -2.29. The Labute approximate surface area is 126 Å². The van der Waals surface area contributed by atoms with Gasteiger partial charge in [0.05, 0.1) is 5.54 Å². The third-order valence-corrected chi connectivity index (χ3v) is 3.34. The van der Waals surface area contributed by atoms with E-state index in [0.29, 0.717) is 5.75 Å². The topological polar surface area (TPSA) is 38.3 Å². The zero-order chi connectivity index (χ0) is 15.3. The van der Waals surface area contributed by atoms with Crippen molar-refractivity contribution in [3.05, 3.63) is 65.7 Å². The van der Waals surface area contributed by atoms with E-state index in [9.17, 15) is 4.79 Å². The first kappa shape index (κ1) is 15.1. The summed E-state index contributed by atoms with van der Waals surface area (Å²) in [5.41, 5.74) is 1.81. The van der Waals surface area contributed by atoms with Gasteiger partial charge in [0.2, 0.25) is 0 Å². The Morgan fingerprint density at radius 1 is 1.05 bits per heavy atom. The molecule has 0 aliphatic carbocycles. The molecule has 0 heterocycles. The summed E-state index contributed by atoms with van der Waals surface area (Å²) in [6.07, 6.45) is 0. The molecule has 110 valence electrons. The highest BCUT2D eigenvalue weighted by Crippen LogP contribution is 2.19. The van der Waals surface area contributed by atoms with E-state index in [2.05, 4.69) is 5.32 Å². The smallest absolute Gasteiger partial charge is 0.258 e. The molecule has 2 aromatic rings. The van der Waals surface area contributed by atoms with Crippen LogP contribution in [0.25, 0.3) is 0 Å². The molecule has 0 unspecified atom stereocenters. The predicted octanol–water partition coefficient (Wildman–Crippen LogP) is 3.43. The first-order chi connectivity index (χ1) is 9.97. The molecule has 21 heavy (non-hydrogen) atoms. The van der Waals surface area contributed by atoms with Crippen LogP contribution in [0.4, 0.5) is 0 Å². The lowest BCUT2D eigenvalue weighted by atomic mass is 9.94. The van der Waals surface area contributed by atoms with E-state index in [1.54, 1.807) is 0 Å². The summed E-state index contributed by atoms with van der Waals surface area (Å²) in [6.45, 7) is 5.98. The molecule has 2 aromatic carbocycles. The van der Waals surface area contributed by atoms with Crippen molar-refractivity contribution < 1.29 is 9.53 Å². The number of benzene rings is 2. The van der Waals surface area contributed by atoms with E-state index in [-0.39, 0.29) is 12.5 Å². The van der Waals surface area contributed by atoms with Crippen molar-refractivity contribution in [2.75, 3.05) is 6.61 Å². The SMILES string of the molecule is Cc1ccc(OCC(=O)NC(C)(C)c2ccccc2)cc1. The van der Waals surface area contributed by atoms with E-state index in [1.807, 2.05) is 75.4 Å². The molecule has 1 N–H and O–H groups in total. The Morgan fingerprint density at radius 3 is 2.29 bits per heavy atom. The highest BCUT2D eigenvalue weighted by Gasteiger charge is 2.22. The number of carbonyl (C=O) groups excluding carboxylic acids is 1. The summed E-state index contributed by atoms with van der Waals surface area (Å²) in [6, 6.07) is 17.5. The minimum Gasteiger partial charge on any atom is -0.484 e. The van der Waals surface area contributed by atoms with Crippen molar-refractivity contribution in [1.82, 2.24) is 5.32 Å². The summed E-state index contributed by atoms with van der Waals surface area (Å²) in [5.74, 6) is 0.567. The first-order valence-corrected chi connectivity index (χ1v) is 7.03. The van der Waals surface area contributed by atoms with Gasteiger partial charge in [-0.25, -0.2) is 0 Å². The van der Waals surface area contributed by atoms with Crippen molar-refractivity contribution >= 4 is 5.91 Å². The lowest BCUT2D eigenvalue weighted by Gasteiger charge is -2.26. The van der Waals surface area contributed by atoms with Gasteiger partial charge >= 0.3 is 0 Å². The van der Waals surface area contributed by atoms with Gasteiger partial charge in [-0.15, -0.1) is 0 Å². The Bertz CT molecular complexity index is 588. The highest BCUT2D eigenvalue weighted by molar-refractivity contribution is 5.78. The number of nitrogens with one attached hydrogen (secondary N) is 1. The zero-order valence-corrected chi connectivity index (χ0v) is 12.7. The number of hydrogen-bond acceptors (Lipinski definition) is 2. The molecule has 0 fully saturated rings. The van der Waals surface area contributed by atoms with Gasteiger partial charge in [-0.05, 0) is 38.5 Å². The normalized spacial score (nSPS) is 11.0. The fourth-order valence-electron chi connectivity index (χ4n) is 2.09. The first-order valence-electron chi connectivity index (χ1n) is 7.03. The van der Waals surface area contributed by atoms with Crippen molar-refractivity contribution in [2.45, 2.75) is 26.3 Å². The fraction of sp³-hybridized carbons (Fsp3) is 0.278. The molecule has 3 nitrogen and oxygen atoms in total. The monoisotopic (exact) mass is 283 g/mol. The van der Waals surface area contributed by atoms with E-state index in [4.69, 9.17) is 4.74 Å². The molecule has 0 saturated heterocycles. The number of aryl methyl sites for hydroxylation is 1. The van der Waals surface area contributed by atoms with Gasteiger partial charge in [0.25, 0.3) is 5.91 Å². The maximum atomic E-state index is 12.0. The van der Waals surface area contributed by atoms with Gasteiger partial charge < -0.3 is 10.1 Å². The van der Waals surface area contributed by atoms with Gasteiger partial charge in [0.15, 0.2) is 6.61 Å². The average Bonchev–Trinajstić information content (AvgIpc) is 2.47. The summed E-state index contributed by atoms with van der Waals surface area (Å²) in [4.78, 5) is 12.0. The Morgan fingerprint density at radius 2 is 1.67 bits per heavy atom. The van der Waals surface area contributed by atoms with Crippen LogP contribution in [0.3, 0.4) is 0 Å². The van der Waals surface area contributed by atoms with E-state index in [1.165, 1.54) is 0 Å². The predicted molar refractivity (Wildman–Crippen MR) is 84.3 cm³/mol. The fourth-order valence-corrected chi connectivity index (χ4v) is 2.09. The minimum absolute atomic E-state index is 0.0132. The molecule has 0 saturated carbocycles. The Kier molecular flexibility index (Phi) is 4.63. The quantitative estimate of drug-likeness (QED) is 0.913. The van der Waals surface area contributed by atoms with Gasteiger partial charge in [-0.3, -0.25) is 4.79 Å². The van der Waals surface area contributed by atoms with Crippen LogP contribution in [0.1, 0.15) is 25.0 Å². The van der Waals surface area contributed by atoms with Gasteiger partial charge in [0.1, 0.15) is 5.75 Å². The summed E-state index contributed by atoms with van der Waals surface area (Å²) in [7, 11) is 0. The second-order valence-corrected chi connectivity index (χ2v) is 5.64. The molecule has 0 aromatic heterocycles. The molecular weight excluding hydrogens is 262 g/mol. The molecule has 0 radical (unpaired) electrons.